The highest BCUT2D eigenvalue weighted by Gasteiger charge is 2.21. The van der Waals surface area contributed by atoms with Crippen LogP contribution in [0.3, 0.4) is 0 Å². The van der Waals surface area contributed by atoms with Crippen LogP contribution in [-0.2, 0) is 33.4 Å². The largest absolute Gasteiger partial charge is 1.00 e. The van der Waals surface area contributed by atoms with Gasteiger partial charge in [-0.1, -0.05) is 77.0 Å². The minimum absolute atomic E-state index is 0. The Hall–Kier alpha value is -1.58. The molecule has 11 heteroatoms. The molecule has 1 N–H and O–H groups in total. The van der Waals surface area contributed by atoms with Crippen LogP contribution in [-0.4, -0.2) is 80.5 Å². The number of hydrogen-bond acceptors (Lipinski definition) is 7. The summed E-state index contributed by atoms with van der Waals surface area (Å²) in [5.74, 6) is -1.33. The van der Waals surface area contributed by atoms with Crippen molar-refractivity contribution in [1.82, 2.24) is 0 Å². The Bertz CT molecular complexity index is 677. The average Bonchev–Trinajstić information content (AvgIpc) is 2.84. The van der Waals surface area contributed by atoms with Gasteiger partial charge in [0.2, 0.25) is 0 Å². The third-order valence-corrected chi connectivity index (χ3v) is 6.65. The van der Waals surface area contributed by atoms with E-state index >= 15 is 0 Å². The van der Waals surface area contributed by atoms with E-state index in [1.54, 1.807) is 0 Å². The number of carboxylic acid groups (broad SMARTS) is 1. The molecule has 0 aliphatic rings. The number of carboxylic acids is 1. The lowest BCUT2D eigenvalue weighted by Gasteiger charge is -2.28. The van der Waals surface area contributed by atoms with Gasteiger partial charge in [0.25, 0.3) is 0 Å². The first-order valence-corrected chi connectivity index (χ1v) is 15.1. The zero-order valence-electron chi connectivity index (χ0n) is 25.8. The van der Waals surface area contributed by atoms with Gasteiger partial charge >= 0.3 is 23.9 Å². The maximum atomic E-state index is 12.0. The number of esters is 3. The van der Waals surface area contributed by atoms with Gasteiger partial charge in [-0.05, 0) is 25.7 Å². The van der Waals surface area contributed by atoms with Gasteiger partial charge in [0.1, 0.15) is 13.2 Å². The molecule has 0 rings (SSSR count). The molecule has 0 heterocycles. The molecule has 0 bridgehead atoms. The van der Waals surface area contributed by atoms with Crippen LogP contribution in [0.5, 0.6) is 0 Å². The van der Waals surface area contributed by atoms with Crippen molar-refractivity contribution >= 4 is 23.9 Å². The highest BCUT2D eigenvalue weighted by atomic mass is 35.5. The zero-order chi connectivity index (χ0) is 29.2. The summed E-state index contributed by atoms with van der Waals surface area (Å²) in [7, 11) is 3.83. The lowest BCUT2D eigenvalue weighted by Crippen LogP contribution is -3.00. The molecule has 0 aromatic rings. The number of rotatable bonds is 27. The number of aliphatic carboxylic acids is 1. The minimum Gasteiger partial charge on any atom is -1.00 e. The van der Waals surface area contributed by atoms with Crippen LogP contribution in [0.1, 0.15) is 122 Å². The number of ether oxygens (including phenoxy) is 3. The molecule has 0 amide bonds. The SMILES string of the molecule is CC(=O)OCC[N+](C)(C)CC(=O)OCCCCCCCCCCOC(=O)CCCCCCCCCCC(=O)O.[Cl-].[Cl-]. The monoisotopic (exact) mass is 628 g/mol. The fourth-order valence-corrected chi connectivity index (χ4v) is 4.23. The highest BCUT2D eigenvalue weighted by Crippen LogP contribution is 2.12. The summed E-state index contributed by atoms with van der Waals surface area (Å²) < 4.78 is 16.0. The van der Waals surface area contributed by atoms with Crippen LogP contribution in [0.15, 0.2) is 0 Å². The highest BCUT2D eigenvalue weighted by molar-refractivity contribution is 5.70. The molecular formula is C30H56Cl2NO8-. The van der Waals surface area contributed by atoms with Gasteiger partial charge in [-0.3, -0.25) is 14.4 Å². The number of unbranched alkanes of at least 4 members (excludes halogenated alkanes) is 14. The molecule has 244 valence electrons. The van der Waals surface area contributed by atoms with Crippen molar-refractivity contribution in [3.05, 3.63) is 0 Å². The number of likely N-dealkylation sites (N-methyl/N-ethyl adjacent to an activating group) is 1. The number of carbonyl (C=O) groups excluding carboxylic acids is 3. The van der Waals surface area contributed by atoms with Gasteiger partial charge in [-0.25, -0.2) is 4.79 Å². The molecule has 0 spiro atoms. The van der Waals surface area contributed by atoms with Crippen molar-refractivity contribution < 1.29 is 67.8 Å². The summed E-state index contributed by atoms with van der Waals surface area (Å²) in [5, 5.41) is 8.60. The second-order valence-corrected chi connectivity index (χ2v) is 11.1. The predicted octanol–water partition coefficient (Wildman–Crippen LogP) is -0.173. The summed E-state index contributed by atoms with van der Waals surface area (Å²) >= 11 is 0. The molecule has 41 heavy (non-hydrogen) atoms. The molecule has 9 nitrogen and oxygen atoms in total. The van der Waals surface area contributed by atoms with Crippen molar-refractivity contribution in [2.24, 2.45) is 0 Å². The van der Waals surface area contributed by atoms with Gasteiger partial charge in [0, 0.05) is 19.8 Å². The van der Waals surface area contributed by atoms with E-state index in [4.69, 9.17) is 19.3 Å². The predicted molar refractivity (Wildman–Crippen MR) is 151 cm³/mol. The first-order chi connectivity index (χ1) is 18.6. The van der Waals surface area contributed by atoms with E-state index in [2.05, 4.69) is 0 Å². The smallest absolute Gasteiger partial charge is 0.361 e. The Morgan fingerprint density at radius 3 is 1.37 bits per heavy atom. The standard InChI is InChI=1S/C30H55NO8.2ClH/c1-27(32)37-25-22-31(2,3)26-30(36)39-24-19-15-11-7-6-10-14-18-23-38-29(35)21-17-13-9-5-4-8-12-16-20-28(33)34;;/h4-26H2,1-3H3;2*1H/p-1. The van der Waals surface area contributed by atoms with Crippen molar-refractivity contribution in [2.75, 3.05) is 47.0 Å². The maximum Gasteiger partial charge on any atom is 0.361 e. The van der Waals surface area contributed by atoms with Gasteiger partial charge < -0.3 is 48.6 Å². The van der Waals surface area contributed by atoms with E-state index in [0.29, 0.717) is 37.3 Å². The fourth-order valence-electron chi connectivity index (χ4n) is 4.23. The second-order valence-electron chi connectivity index (χ2n) is 11.1. The van der Waals surface area contributed by atoms with Crippen LogP contribution < -0.4 is 24.8 Å². The van der Waals surface area contributed by atoms with Gasteiger partial charge in [-0.15, -0.1) is 0 Å². The number of quaternary nitrogens is 1. The third kappa shape index (κ3) is 34.5. The summed E-state index contributed by atoms with van der Waals surface area (Å²) in [6, 6.07) is 0. The van der Waals surface area contributed by atoms with Crippen LogP contribution >= 0.6 is 0 Å². The average molecular weight is 630 g/mol. The fraction of sp³-hybridized carbons (Fsp3) is 0.867. The quantitative estimate of drug-likeness (QED) is 0.0577. The van der Waals surface area contributed by atoms with Gasteiger partial charge in [0.15, 0.2) is 6.54 Å². The van der Waals surface area contributed by atoms with Crippen LogP contribution in [0.4, 0.5) is 0 Å². The second kappa shape index (κ2) is 29.9. The van der Waals surface area contributed by atoms with E-state index in [1.807, 2.05) is 14.1 Å². The van der Waals surface area contributed by atoms with E-state index < -0.39 is 5.97 Å². The summed E-state index contributed by atoms with van der Waals surface area (Å²) in [4.78, 5) is 45.1. The lowest BCUT2D eigenvalue weighted by atomic mass is 10.1. The van der Waals surface area contributed by atoms with Crippen molar-refractivity contribution in [3.63, 3.8) is 0 Å². The van der Waals surface area contributed by atoms with Crippen LogP contribution in [0.25, 0.3) is 0 Å². The maximum absolute atomic E-state index is 12.0. The zero-order valence-corrected chi connectivity index (χ0v) is 27.3. The molecular weight excluding hydrogens is 573 g/mol. The number of halogens is 2. The lowest BCUT2D eigenvalue weighted by molar-refractivity contribution is -0.883. The molecule has 0 atom stereocenters. The topological polar surface area (TPSA) is 116 Å². The molecule has 0 saturated heterocycles. The minimum atomic E-state index is -0.713. The Labute approximate surface area is 260 Å². The number of hydrogen-bond donors (Lipinski definition) is 1. The molecule has 0 fully saturated rings. The van der Waals surface area contributed by atoms with Crippen molar-refractivity contribution in [2.45, 2.75) is 122 Å². The van der Waals surface area contributed by atoms with Gasteiger partial charge in [0.05, 0.1) is 27.3 Å². The summed E-state index contributed by atoms with van der Waals surface area (Å²) in [5.41, 5.74) is 0. The summed E-state index contributed by atoms with van der Waals surface area (Å²) in [6.07, 6.45) is 17.5. The van der Waals surface area contributed by atoms with E-state index in [9.17, 15) is 19.2 Å². The Morgan fingerprint density at radius 1 is 0.537 bits per heavy atom. The Morgan fingerprint density at radius 2 is 0.927 bits per heavy atom. The van der Waals surface area contributed by atoms with Crippen LogP contribution in [0.2, 0.25) is 0 Å². The third-order valence-electron chi connectivity index (χ3n) is 6.65. The molecule has 0 aliphatic carbocycles. The van der Waals surface area contributed by atoms with E-state index in [-0.39, 0.29) is 55.7 Å². The Balaban J connectivity index is -0.00000722. The van der Waals surface area contributed by atoms with Crippen molar-refractivity contribution in [3.8, 4) is 0 Å². The number of nitrogens with zero attached hydrogens (tertiary/aromatic N) is 1. The van der Waals surface area contributed by atoms with Gasteiger partial charge in [-0.2, -0.15) is 0 Å². The molecule has 0 aromatic heterocycles. The molecule has 0 saturated carbocycles. The Kier molecular flexibility index (Phi) is 32.0. The first-order valence-electron chi connectivity index (χ1n) is 15.1. The van der Waals surface area contributed by atoms with Crippen LogP contribution in [0, 0.1) is 0 Å². The summed E-state index contributed by atoms with van der Waals surface area (Å²) in [6.45, 7) is 3.46. The molecule has 0 radical (unpaired) electrons. The molecule has 0 aliphatic heterocycles. The van der Waals surface area contributed by atoms with E-state index in [1.165, 1.54) is 13.3 Å². The van der Waals surface area contributed by atoms with Crippen molar-refractivity contribution in [1.29, 1.82) is 0 Å². The van der Waals surface area contributed by atoms with E-state index in [0.717, 1.165) is 96.3 Å². The number of carbonyl (C=O) groups is 4. The molecule has 0 aromatic carbocycles. The molecule has 0 unspecified atom stereocenters. The first kappa shape index (κ1) is 43.9. The normalized spacial score (nSPS) is 10.7.